The van der Waals surface area contributed by atoms with Crippen LogP contribution in [0.1, 0.15) is 27.9 Å². The zero-order valence-electron chi connectivity index (χ0n) is 20.2. The highest BCUT2D eigenvalue weighted by Crippen LogP contribution is 2.27. The van der Waals surface area contributed by atoms with Crippen molar-refractivity contribution in [3.63, 3.8) is 0 Å². The third kappa shape index (κ3) is 7.08. The molecule has 8 heteroatoms. The van der Waals surface area contributed by atoms with Crippen LogP contribution in [0.25, 0.3) is 10.8 Å². The van der Waals surface area contributed by atoms with Gasteiger partial charge in [-0.2, -0.15) is 5.10 Å². The predicted octanol–water partition coefficient (Wildman–Crippen LogP) is 5.35. The van der Waals surface area contributed by atoms with Gasteiger partial charge in [-0.1, -0.05) is 54.1 Å². The van der Waals surface area contributed by atoms with Gasteiger partial charge >= 0.3 is 0 Å². The lowest BCUT2D eigenvalue weighted by Crippen LogP contribution is -2.29. The smallest absolute Gasteiger partial charge is 0.251 e. The largest absolute Gasteiger partial charge is 0.497 e. The Morgan fingerprint density at radius 1 is 0.946 bits per heavy atom. The molecule has 188 valence electrons. The number of ether oxygens (including phenoxy) is 2. The highest BCUT2D eigenvalue weighted by Gasteiger charge is 2.09. The molecule has 0 spiro atoms. The van der Waals surface area contributed by atoms with Crippen LogP contribution in [-0.2, 0) is 11.4 Å². The number of nitrogens with zero attached hydrogens (tertiary/aromatic N) is 1. The molecule has 0 unspecified atom stereocenters. The monoisotopic (exact) mass is 515 g/mol. The molecule has 0 atom stereocenters. The summed E-state index contributed by atoms with van der Waals surface area (Å²) in [7, 11) is 1.56. The molecule has 0 aromatic heterocycles. The van der Waals surface area contributed by atoms with Crippen LogP contribution in [0.3, 0.4) is 0 Å². The molecule has 0 heterocycles. The van der Waals surface area contributed by atoms with E-state index in [1.165, 1.54) is 0 Å². The van der Waals surface area contributed by atoms with E-state index in [9.17, 15) is 9.59 Å². The Bertz CT molecular complexity index is 1400. The Hall–Kier alpha value is -4.36. The molecule has 0 bridgehead atoms. The second-order valence-electron chi connectivity index (χ2n) is 8.14. The zero-order valence-corrected chi connectivity index (χ0v) is 21.0. The molecule has 7 nitrogen and oxygen atoms in total. The number of amides is 2. The number of hydrogen-bond donors (Lipinski definition) is 2. The molecular formula is C29H26ClN3O4. The van der Waals surface area contributed by atoms with E-state index in [0.717, 1.165) is 21.9 Å². The number of nitrogens with one attached hydrogen (secondary N) is 2. The third-order valence-corrected chi connectivity index (χ3v) is 5.86. The van der Waals surface area contributed by atoms with Gasteiger partial charge in [-0.3, -0.25) is 9.59 Å². The fourth-order valence-corrected chi connectivity index (χ4v) is 3.76. The molecule has 0 fully saturated rings. The Labute approximate surface area is 220 Å². The van der Waals surface area contributed by atoms with Gasteiger partial charge in [0.25, 0.3) is 5.91 Å². The van der Waals surface area contributed by atoms with Crippen LogP contribution in [-0.4, -0.2) is 31.7 Å². The van der Waals surface area contributed by atoms with Crippen molar-refractivity contribution in [2.45, 2.75) is 13.0 Å². The highest BCUT2D eigenvalue weighted by atomic mass is 35.5. The summed E-state index contributed by atoms with van der Waals surface area (Å²) in [6, 6.07) is 25.9. The standard InChI is InChI=1S/C29H26ClN3O4/c1-36-24-13-8-22(9-14-24)29(35)31-17-16-28(34)33-32-18-26-25-5-3-2-4-21(25)10-15-27(26)37-19-20-6-11-23(30)12-7-20/h2-15,18H,16-17,19H2,1H3,(H,31,35)(H,33,34). The van der Waals surface area contributed by atoms with E-state index in [4.69, 9.17) is 21.1 Å². The van der Waals surface area contributed by atoms with Crippen molar-refractivity contribution in [3.8, 4) is 11.5 Å². The molecule has 0 aliphatic rings. The number of carbonyl (C=O) groups excluding carboxylic acids is 2. The van der Waals surface area contributed by atoms with E-state index in [1.54, 1.807) is 37.6 Å². The number of benzene rings is 4. The molecule has 4 rings (SSSR count). The molecule has 37 heavy (non-hydrogen) atoms. The molecule has 0 aliphatic carbocycles. The van der Waals surface area contributed by atoms with Gasteiger partial charge < -0.3 is 14.8 Å². The number of halogens is 1. The van der Waals surface area contributed by atoms with Crippen molar-refractivity contribution in [2.24, 2.45) is 5.10 Å². The van der Waals surface area contributed by atoms with Crippen molar-refractivity contribution < 1.29 is 19.1 Å². The lowest BCUT2D eigenvalue weighted by Gasteiger charge is -2.12. The van der Waals surface area contributed by atoms with Crippen LogP contribution in [0, 0.1) is 0 Å². The van der Waals surface area contributed by atoms with E-state index in [2.05, 4.69) is 15.8 Å². The Balaban J connectivity index is 1.36. The van der Waals surface area contributed by atoms with Gasteiger partial charge in [0.05, 0.1) is 13.3 Å². The number of hydrazone groups is 1. The van der Waals surface area contributed by atoms with Gasteiger partial charge in [0.15, 0.2) is 0 Å². The quantitative estimate of drug-likeness (QED) is 0.220. The van der Waals surface area contributed by atoms with Crippen LogP contribution in [0.4, 0.5) is 0 Å². The third-order valence-electron chi connectivity index (χ3n) is 5.61. The Morgan fingerprint density at radius 3 is 2.46 bits per heavy atom. The average molecular weight is 516 g/mol. The summed E-state index contributed by atoms with van der Waals surface area (Å²) >= 11 is 5.97. The maximum Gasteiger partial charge on any atom is 0.251 e. The molecular weight excluding hydrogens is 490 g/mol. The number of rotatable bonds is 10. The van der Waals surface area contributed by atoms with E-state index in [0.29, 0.717) is 28.7 Å². The predicted molar refractivity (Wildman–Crippen MR) is 145 cm³/mol. The van der Waals surface area contributed by atoms with E-state index >= 15 is 0 Å². The van der Waals surface area contributed by atoms with Gasteiger partial charge in [0.2, 0.25) is 5.91 Å². The van der Waals surface area contributed by atoms with Gasteiger partial charge in [0.1, 0.15) is 18.1 Å². The highest BCUT2D eigenvalue weighted by molar-refractivity contribution is 6.30. The van der Waals surface area contributed by atoms with Crippen LogP contribution < -0.4 is 20.2 Å². The second kappa shape index (κ2) is 12.6. The van der Waals surface area contributed by atoms with Gasteiger partial charge in [-0.05, 0) is 58.8 Å². The topological polar surface area (TPSA) is 89.0 Å². The van der Waals surface area contributed by atoms with Crippen molar-refractivity contribution in [1.82, 2.24) is 10.7 Å². The molecule has 4 aromatic carbocycles. The molecule has 0 saturated carbocycles. The summed E-state index contributed by atoms with van der Waals surface area (Å²) in [5.41, 5.74) is 4.74. The number of methoxy groups -OCH3 is 1. The van der Waals surface area contributed by atoms with Crippen molar-refractivity contribution in [3.05, 3.63) is 107 Å². The maximum absolute atomic E-state index is 12.3. The number of hydrogen-bond acceptors (Lipinski definition) is 5. The Kier molecular flexibility index (Phi) is 8.73. The lowest BCUT2D eigenvalue weighted by atomic mass is 10.0. The molecule has 2 N–H and O–H groups in total. The first-order chi connectivity index (χ1) is 18.0. The number of fused-ring (bicyclic) bond motifs is 1. The van der Waals surface area contributed by atoms with Gasteiger partial charge in [0, 0.05) is 29.1 Å². The average Bonchev–Trinajstić information content (AvgIpc) is 2.93. The molecule has 0 aliphatic heterocycles. The van der Waals surface area contributed by atoms with Crippen molar-refractivity contribution >= 4 is 40.4 Å². The lowest BCUT2D eigenvalue weighted by molar-refractivity contribution is -0.120. The summed E-state index contributed by atoms with van der Waals surface area (Å²) < 4.78 is 11.2. The van der Waals surface area contributed by atoms with Crippen LogP contribution in [0.15, 0.2) is 90.0 Å². The minimum Gasteiger partial charge on any atom is -0.497 e. The first-order valence-corrected chi connectivity index (χ1v) is 12.0. The molecule has 0 radical (unpaired) electrons. The van der Waals surface area contributed by atoms with Gasteiger partial charge in [-0.25, -0.2) is 5.43 Å². The fourth-order valence-electron chi connectivity index (χ4n) is 3.64. The van der Waals surface area contributed by atoms with E-state index < -0.39 is 0 Å². The van der Waals surface area contributed by atoms with E-state index in [-0.39, 0.29) is 24.8 Å². The summed E-state index contributed by atoms with van der Waals surface area (Å²) in [5, 5.41) is 9.50. The van der Waals surface area contributed by atoms with Gasteiger partial charge in [-0.15, -0.1) is 0 Å². The first kappa shape index (κ1) is 25.7. The van der Waals surface area contributed by atoms with Crippen molar-refractivity contribution in [1.29, 1.82) is 0 Å². The second-order valence-corrected chi connectivity index (χ2v) is 8.58. The zero-order chi connectivity index (χ0) is 26.0. The van der Waals surface area contributed by atoms with E-state index in [1.807, 2.05) is 60.7 Å². The minimum atomic E-state index is -0.324. The minimum absolute atomic E-state index is 0.0781. The first-order valence-electron chi connectivity index (χ1n) is 11.7. The fraction of sp³-hybridized carbons (Fsp3) is 0.138. The molecule has 2 amide bonds. The SMILES string of the molecule is COc1ccc(C(=O)NCCC(=O)NN=Cc2c(OCc3ccc(Cl)cc3)ccc3ccccc23)cc1. The number of carbonyl (C=O) groups is 2. The van der Waals surface area contributed by atoms with Crippen LogP contribution in [0.5, 0.6) is 11.5 Å². The summed E-state index contributed by atoms with van der Waals surface area (Å²) in [6.45, 7) is 0.534. The van der Waals surface area contributed by atoms with Crippen molar-refractivity contribution in [2.75, 3.05) is 13.7 Å². The van der Waals surface area contributed by atoms with Crippen LogP contribution >= 0.6 is 11.6 Å². The maximum atomic E-state index is 12.3. The van der Waals surface area contributed by atoms with Crippen LogP contribution in [0.2, 0.25) is 5.02 Å². The summed E-state index contributed by atoms with van der Waals surface area (Å²) in [5.74, 6) is 0.712. The summed E-state index contributed by atoms with van der Waals surface area (Å²) in [6.07, 6.45) is 1.65. The molecule has 4 aromatic rings. The Morgan fingerprint density at radius 2 is 1.70 bits per heavy atom. The normalized spacial score (nSPS) is 10.9. The summed E-state index contributed by atoms with van der Waals surface area (Å²) in [4.78, 5) is 24.5. The molecule has 0 saturated heterocycles.